The first-order valence-corrected chi connectivity index (χ1v) is 10.7. The van der Waals surface area contributed by atoms with Crippen molar-refractivity contribution in [1.29, 1.82) is 0 Å². The van der Waals surface area contributed by atoms with Gasteiger partial charge in [-0.1, -0.05) is 30.9 Å². The number of nitrogens with zero attached hydrogens (tertiary/aromatic N) is 3. The van der Waals surface area contributed by atoms with E-state index in [2.05, 4.69) is 23.3 Å². The maximum atomic E-state index is 6.20. The average Bonchev–Trinajstić information content (AvgIpc) is 3.23. The first-order chi connectivity index (χ1) is 13.2. The Hall–Kier alpha value is -2.11. The Morgan fingerprint density at radius 3 is 2.85 bits per heavy atom. The van der Waals surface area contributed by atoms with Crippen LogP contribution in [0, 0.1) is 6.92 Å². The van der Waals surface area contributed by atoms with Gasteiger partial charge in [-0.3, -0.25) is 0 Å². The summed E-state index contributed by atoms with van der Waals surface area (Å²) in [5.41, 5.74) is 3.13. The summed E-state index contributed by atoms with van der Waals surface area (Å²) in [4.78, 5) is 5.76. The fourth-order valence-electron chi connectivity index (χ4n) is 4.00. The number of nitrogens with one attached hydrogen (secondary N) is 1. The third-order valence-electron chi connectivity index (χ3n) is 5.45. The van der Waals surface area contributed by atoms with Gasteiger partial charge in [0.05, 0.1) is 11.1 Å². The molecule has 27 heavy (non-hydrogen) atoms. The van der Waals surface area contributed by atoms with Crippen LogP contribution in [0.2, 0.25) is 5.02 Å². The standard InChI is InChI=1S/C21H21ClN4S/c1-13-16-11-14(22)7-8-18(16)27-21(13)17-12-23-20-10-9-19(25-26(17)20)24-15-5-3-2-4-6-15/h7-12,15H,2-6H2,1H3,(H,24,25). The van der Waals surface area contributed by atoms with Gasteiger partial charge in [-0.2, -0.15) is 0 Å². The molecule has 1 fully saturated rings. The van der Waals surface area contributed by atoms with Crippen LogP contribution in [0.5, 0.6) is 0 Å². The monoisotopic (exact) mass is 396 g/mol. The predicted octanol–water partition coefficient (Wildman–Crippen LogP) is 6.32. The van der Waals surface area contributed by atoms with E-state index in [1.807, 2.05) is 35.0 Å². The maximum Gasteiger partial charge on any atom is 0.154 e. The summed E-state index contributed by atoms with van der Waals surface area (Å²) in [5, 5.41) is 10.4. The van der Waals surface area contributed by atoms with Gasteiger partial charge in [0.25, 0.3) is 0 Å². The van der Waals surface area contributed by atoms with E-state index in [0.717, 1.165) is 22.2 Å². The van der Waals surface area contributed by atoms with Crippen LogP contribution in [0.25, 0.3) is 26.3 Å². The summed E-state index contributed by atoms with van der Waals surface area (Å²) in [6.45, 7) is 2.15. The normalized spacial score (nSPS) is 15.6. The number of thiophene rings is 1. The van der Waals surface area contributed by atoms with Crippen molar-refractivity contribution in [1.82, 2.24) is 14.6 Å². The second-order valence-electron chi connectivity index (χ2n) is 7.31. The van der Waals surface area contributed by atoms with Crippen molar-refractivity contribution in [3.05, 3.63) is 47.1 Å². The van der Waals surface area contributed by atoms with E-state index in [9.17, 15) is 0 Å². The zero-order valence-electron chi connectivity index (χ0n) is 15.2. The molecule has 0 bridgehead atoms. The van der Waals surface area contributed by atoms with E-state index in [1.165, 1.54) is 52.6 Å². The summed E-state index contributed by atoms with van der Waals surface area (Å²) in [6.07, 6.45) is 8.34. The van der Waals surface area contributed by atoms with Gasteiger partial charge in [-0.25, -0.2) is 9.50 Å². The molecular weight excluding hydrogens is 376 g/mol. The third-order valence-corrected chi connectivity index (χ3v) is 6.98. The predicted molar refractivity (Wildman–Crippen MR) is 114 cm³/mol. The zero-order chi connectivity index (χ0) is 18.4. The lowest BCUT2D eigenvalue weighted by Gasteiger charge is -2.23. The zero-order valence-corrected chi connectivity index (χ0v) is 16.8. The average molecular weight is 397 g/mol. The second-order valence-corrected chi connectivity index (χ2v) is 8.80. The van der Waals surface area contributed by atoms with Gasteiger partial charge >= 0.3 is 0 Å². The molecule has 6 heteroatoms. The molecule has 0 amide bonds. The minimum absolute atomic E-state index is 0.531. The fraction of sp³-hybridized carbons (Fsp3) is 0.333. The van der Waals surface area contributed by atoms with Crippen LogP contribution in [0.3, 0.4) is 0 Å². The van der Waals surface area contributed by atoms with Gasteiger partial charge in [0.2, 0.25) is 0 Å². The molecule has 4 nitrogen and oxygen atoms in total. The summed E-state index contributed by atoms with van der Waals surface area (Å²) >= 11 is 7.97. The smallest absolute Gasteiger partial charge is 0.154 e. The molecule has 0 atom stereocenters. The highest BCUT2D eigenvalue weighted by Crippen LogP contribution is 2.39. The van der Waals surface area contributed by atoms with Crippen molar-refractivity contribution in [3.8, 4) is 10.6 Å². The van der Waals surface area contributed by atoms with E-state index in [4.69, 9.17) is 16.7 Å². The molecule has 1 aliphatic carbocycles. The highest BCUT2D eigenvalue weighted by Gasteiger charge is 2.17. The molecule has 1 N–H and O–H groups in total. The minimum Gasteiger partial charge on any atom is -0.366 e. The second kappa shape index (κ2) is 6.80. The lowest BCUT2D eigenvalue weighted by atomic mass is 9.95. The lowest BCUT2D eigenvalue weighted by Crippen LogP contribution is -2.23. The molecule has 3 aromatic heterocycles. The van der Waals surface area contributed by atoms with Crippen LogP contribution in [-0.4, -0.2) is 20.6 Å². The number of aryl methyl sites for hydroxylation is 1. The van der Waals surface area contributed by atoms with Gasteiger partial charge in [0.1, 0.15) is 11.5 Å². The molecule has 3 heterocycles. The Labute approximate surface area is 167 Å². The van der Waals surface area contributed by atoms with Crippen molar-refractivity contribution >= 4 is 44.5 Å². The molecule has 138 valence electrons. The number of hydrogen-bond donors (Lipinski definition) is 1. The first kappa shape index (κ1) is 17.0. The van der Waals surface area contributed by atoms with Crippen LogP contribution >= 0.6 is 22.9 Å². The number of anilines is 1. The van der Waals surface area contributed by atoms with Crippen molar-refractivity contribution in [2.24, 2.45) is 0 Å². The van der Waals surface area contributed by atoms with Crippen molar-refractivity contribution < 1.29 is 0 Å². The number of imidazole rings is 1. The van der Waals surface area contributed by atoms with Crippen LogP contribution in [0.1, 0.15) is 37.7 Å². The van der Waals surface area contributed by atoms with Crippen molar-refractivity contribution in [2.75, 3.05) is 5.32 Å². The van der Waals surface area contributed by atoms with Gasteiger partial charge < -0.3 is 5.32 Å². The van der Waals surface area contributed by atoms with Crippen LogP contribution in [0.15, 0.2) is 36.5 Å². The summed E-state index contributed by atoms with van der Waals surface area (Å²) in [7, 11) is 0. The molecular formula is C21H21ClN4S. The SMILES string of the molecule is Cc1c(-c2cnc3ccc(NC4CCCCC4)nn23)sc2ccc(Cl)cc12. The number of hydrogen-bond acceptors (Lipinski definition) is 4. The van der Waals surface area contributed by atoms with Gasteiger partial charge in [0, 0.05) is 15.8 Å². The van der Waals surface area contributed by atoms with Gasteiger partial charge in [-0.05, 0) is 61.0 Å². The Balaban J connectivity index is 1.57. The third kappa shape index (κ3) is 3.09. The highest BCUT2D eigenvalue weighted by atomic mass is 35.5. The quantitative estimate of drug-likeness (QED) is 0.440. The summed E-state index contributed by atoms with van der Waals surface area (Å²) < 4.78 is 3.20. The molecule has 1 aromatic carbocycles. The highest BCUT2D eigenvalue weighted by molar-refractivity contribution is 7.22. The largest absolute Gasteiger partial charge is 0.366 e. The van der Waals surface area contributed by atoms with Gasteiger partial charge in [-0.15, -0.1) is 16.4 Å². The van der Waals surface area contributed by atoms with Crippen LogP contribution in [0.4, 0.5) is 5.82 Å². The van der Waals surface area contributed by atoms with E-state index >= 15 is 0 Å². The van der Waals surface area contributed by atoms with E-state index < -0.39 is 0 Å². The van der Waals surface area contributed by atoms with E-state index in [1.54, 1.807) is 11.3 Å². The van der Waals surface area contributed by atoms with Crippen molar-refractivity contribution in [3.63, 3.8) is 0 Å². The Bertz CT molecular complexity index is 1120. The lowest BCUT2D eigenvalue weighted by molar-refractivity contribution is 0.461. The van der Waals surface area contributed by atoms with Crippen molar-refractivity contribution in [2.45, 2.75) is 45.1 Å². The van der Waals surface area contributed by atoms with E-state index in [-0.39, 0.29) is 0 Å². The fourth-order valence-corrected chi connectivity index (χ4v) is 5.36. The molecule has 0 unspecified atom stereocenters. The Kier molecular flexibility index (Phi) is 4.29. The molecule has 4 aromatic rings. The molecule has 1 aliphatic rings. The summed E-state index contributed by atoms with van der Waals surface area (Å²) in [5.74, 6) is 0.926. The number of aromatic nitrogens is 3. The topological polar surface area (TPSA) is 42.2 Å². The molecule has 0 spiro atoms. The molecule has 5 rings (SSSR count). The first-order valence-electron chi connectivity index (χ1n) is 9.49. The van der Waals surface area contributed by atoms with E-state index in [0.29, 0.717) is 6.04 Å². The molecule has 0 saturated heterocycles. The Morgan fingerprint density at radius 2 is 2.00 bits per heavy atom. The van der Waals surface area contributed by atoms with Gasteiger partial charge in [0.15, 0.2) is 5.65 Å². The minimum atomic E-state index is 0.531. The molecule has 0 aliphatic heterocycles. The number of rotatable bonds is 3. The number of halogens is 1. The summed E-state index contributed by atoms with van der Waals surface area (Å²) in [6, 6.07) is 10.7. The number of benzene rings is 1. The molecule has 1 saturated carbocycles. The Morgan fingerprint density at radius 1 is 1.15 bits per heavy atom. The maximum absolute atomic E-state index is 6.20. The molecule has 0 radical (unpaired) electrons. The van der Waals surface area contributed by atoms with Crippen LogP contribution < -0.4 is 5.32 Å². The number of fused-ring (bicyclic) bond motifs is 2. The van der Waals surface area contributed by atoms with Crippen LogP contribution in [-0.2, 0) is 0 Å².